The molecule has 2 fully saturated rings. The van der Waals surface area contributed by atoms with Crippen LogP contribution in [-0.2, 0) is 16.1 Å². The minimum absolute atomic E-state index is 0. The normalized spacial score (nSPS) is 19.1. The van der Waals surface area contributed by atoms with Crippen LogP contribution in [0.15, 0.2) is 29.4 Å². The van der Waals surface area contributed by atoms with Crippen LogP contribution in [0.4, 0.5) is 0 Å². The molecule has 0 bridgehead atoms. The van der Waals surface area contributed by atoms with Gasteiger partial charge in [-0.2, -0.15) is 0 Å². The number of pyridine rings is 1. The van der Waals surface area contributed by atoms with Crippen molar-refractivity contribution < 1.29 is 9.59 Å². The number of piperidine rings is 2. The lowest BCUT2D eigenvalue weighted by Gasteiger charge is -2.33. The van der Waals surface area contributed by atoms with E-state index in [1.165, 1.54) is 4.90 Å². The Hall–Kier alpha value is -1.75. The highest BCUT2D eigenvalue weighted by Crippen LogP contribution is 2.13. The zero-order valence-corrected chi connectivity index (χ0v) is 19.3. The van der Waals surface area contributed by atoms with Gasteiger partial charge in [-0.15, -0.1) is 24.0 Å². The number of carbonyl (C=O) groups is 2. The first-order valence-electron chi connectivity index (χ1n) is 10.1. The van der Waals surface area contributed by atoms with Crippen molar-refractivity contribution in [2.24, 2.45) is 4.99 Å². The molecule has 1 aromatic rings. The van der Waals surface area contributed by atoms with Crippen LogP contribution in [0.3, 0.4) is 0 Å². The molecule has 3 rings (SSSR count). The van der Waals surface area contributed by atoms with Crippen LogP contribution in [0, 0.1) is 0 Å². The fraction of sp³-hybridized carbons (Fsp3) is 0.600. The van der Waals surface area contributed by atoms with Crippen molar-refractivity contribution in [2.45, 2.75) is 44.7 Å². The van der Waals surface area contributed by atoms with Gasteiger partial charge in [-0.1, -0.05) is 6.07 Å². The molecule has 0 radical (unpaired) electrons. The molecule has 29 heavy (non-hydrogen) atoms. The number of likely N-dealkylation sites (tertiary alicyclic amines) is 2. The highest BCUT2D eigenvalue weighted by atomic mass is 127. The van der Waals surface area contributed by atoms with E-state index in [0.717, 1.165) is 44.1 Å². The van der Waals surface area contributed by atoms with Gasteiger partial charge in [0.2, 0.25) is 11.8 Å². The molecule has 0 atom stereocenters. The Morgan fingerprint density at radius 3 is 2.55 bits per heavy atom. The molecular weight excluding hydrogens is 483 g/mol. The molecule has 2 aliphatic rings. The molecule has 160 valence electrons. The SMILES string of the molecule is CN=C(NCCN1C(=O)CCCC1=O)NC1CCN(Cc2ccccn2)CC1.I. The van der Waals surface area contributed by atoms with Crippen LogP contribution >= 0.6 is 24.0 Å². The summed E-state index contributed by atoms with van der Waals surface area (Å²) < 4.78 is 0. The lowest BCUT2D eigenvalue weighted by Crippen LogP contribution is -2.50. The van der Waals surface area contributed by atoms with Crippen LogP contribution < -0.4 is 10.6 Å². The number of rotatable bonds is 6. The first kappa shape index (κ1) is 23.5. The topological polar surface area (TPSA) is 89.9 Å². The number of carbonyl (C=O) groups excluding carboxylic acids is 2. The van der Waals surface area contributed by atoms with Crippen LogP contribution in [0.2, 0.25) is 0 Å². The van der Waals surface area contributed by atoms with Crippen LogP contribution in [0.5, 0.6) is 0 Å². The van der Waals surface area contributed by atoms with Crippen LogP contribution in [-0.4, -0.2) is 71.8 Å². The lowest BCUT2D eigenvalue weighted by molar-refractivity contribution is -0.147. The highest BCUT2D eigenvalue weighted by Gasteiger charge is 2.25. The maximum Gasteiger partial charge on any atom is 0.229 e. The van der Waals surface area contributed by atoms with Crippen LogP contribution in [0.1, 0.15) is 37.8 Å². The van der Waals surface area contributed by atoms with E-state index in [1.807, 2.05) is 18.3 Å². The number of nitrogens with one attached hydrogen (secondary N) is 2. The summed E-state index contributed by atoms with van der Waals surface area (Å²) in [7, 11) is 1.74. The van der Waals surface area contributed by atoms with E-state index in [9.17, 15) is 9.59 Å². The highest BCUT2D eigenvalue weighted by molar-refractivity contribution is 14.0. The standard InChI is InChI=1S/C20H30N6O2.HI/c1-21-20(23-11-14-26-18(27)6-4-7-19(26)28)24-16-8-12-25(13-9-16)15-17-5-2-3-10-22-17;/h2-3,5,10,16H,4,6-9,11-15H2,1H3,(H2,21,23,24);1H. The minimum atomic E-state index is -0.0683. The van der Waals surface area contributed by atoms with Gasteiger partial charge in [0.1, 0.15) is 0 Å². The van der Waals surface area contributed by atoms with Gasteiger partial charge in [0.15, 0.2) is 5.96 Å². The van der Waals surface area contributed by atoms with Crippen molar-refractivity contribution in [3.63, 3.8) is 0 Å². The van der Waals surface area contributed by atoms with Gasteiger partial charge in [0.25, 0.3) is 0 Å². The Morgan fingerprint density at radius 2 is 1.93 bits per heavy atom. The van der Waals surface area contributed by atoms with Gasteiger partial charge < -0.3 is 10.6 Å². The fourth-order valence-corrected chi connectivity index (χ4v) is 3.68. The second-order valence-electron chi connectivity index (χ2n) is 7.31. The van der Waals surface area contributed by atoms with Gasteiger partial charge >= 0.3 is 0 Å². The molecule has 0 spiro atoms. The van der Waals surface area contributed by atoms with Gasteiger partial charge in [0.05, 0.1) is 5.69 Å². The first-order chi connectivity index (χ1) is 13.7. The zero-order valence-electron chi connectivity index (χ0n) is 17.0. The average molecular weight is 514 g/mol. The number of aliphatic imine (C=N–C) groups is 1. The Balaban J connectivity index is 0.00000300. The van der Waals surface area contributed by atoms with Crippen molar-refractivity contribution in [3.05, 3.63) is 30.1 Å². The molecule has 0 unspecified atom stereocenters. The predicted octanol–water partition coefficient (Wildman–Crippen LogP) is 1.37. The van der Waals surface area contributed by atoms with Crippen molar-refractivity contribution in [3.8, 4) is 0 Å². The minimum Gasteiger partial charge on any atom is -0.355 e. The molecule has 2 saturated heterocycles. The summed E-state index contributed by atoms with van der Waals surface area (Å²) >= 11 is 0. The number of aromatic nitrogens is 1. The Labute approximate surface area is 189 Å². The van der Waals surface area contributed by atoms with Gasteiger partial charge in [-0.25, -0.2) is 0 Å². The van der Waals surface area contributed by atoms with E-state index >= 15 is 0 Å². The Kier molecular flexibility index (Phi) is 9.79. The van der Waals surface area contributed by atoms with E-state index in [0.29, 0.717) is 38.4 Å². The smallest absolute Gasteiger partial charge is 0.229 e. The van der Waals surface area contributed by atoms with E-state index < -0.39 is 0 Å². The summed E-state index contributed by atoms with van der Waals surface area (Å²) in [5.74, 6) is 0.586. The quantitative estimate of drug-likeness (QED) is 0.258. The molecule has 8 nitrogen and oxygen atoms in total. The number of hydrogen-bond donors (Lipinski definition) is 2. The largest absolute Gasteiger partial charge is 0.355 e. The summed E-state index contributed by atoms with van der Waals surface area (Å²) in [6.07, 6.45) is 5.52. The van der Waals surface area contributed by atoms with Crippen molar-refractivity contribution in [2.75, 3.05) is 33.2 Å². The molecule has 9 heteroatoms. The summed E-state index contributed by atoms with van der Waals surface area (Å²) in [6, 6.07) is 6.39. The van der Waals surface area contributed by atoms with E-state index in [2.05, 4.69) is 31.6 Å². The number of hydrogen-bond acceptors (Lipinski definition) is 5. The molecule has 2 N–H and O–H groups in total. The zero-order chi connectivity index (χ0) is 19.8. The molecule has 1 aromatic heterocycles. The number of amides is 2. The molecule has 0 saturated carbocycles. The second-order valence-corrected chi connectivity index (χ2v) is 7.31. The number of nitrogens with zero attached hydrogens (tertiary/aromatic N) is 4. The van der Waals surface area contributed by atoms with Gasteiger partial charge in [-0.05, 0) is 31.4 Å². The lowest BCUT2D eigenvalue weighted by atomic mass is 10.0. The third-order valence-electron chi connectivity index (χ3n) is 5.28. The monoisotopic (exact) mass is 514 g/mol. The molecule has 3 heterocycles. The third kappa shape index (κ3) is 7.22. The van der Waals surface area contributed by atoms with Gasteiger partial charge in [0, 0.05) is 64.9 Å². The maximum absolute atomic E-state index is 11.9. The summed E-state index contributed by atoms with van der Waals surface area (Å²) in [6.45, 7) is 3.82. The van der Waals surface area contributed by atoms with Crippen molar-refractivity contribution >= 4 is 41.8 Å². The molecule has 0 aliphatic carbocycles. The molecule has 2 aliphatic heterocycles. The Bertz CT molecular complexity index is 675. The first-order valence-corrected chi connectivity index (χ1v) is 10.1. The van der Waals surface area contributed by atoms with Gasteiger partial charge in [-0.3, -0.25) is 29.4 Å². The number of halogens is 1. The van der Waals surface area contributed by atoms with Crippen molar-refractivity contribution in [1.29, 1.82) is 0 Å². The summed E-state index contributed by atoms with van der Waals surface area (Å²) in [4.78, 5) is 36.2. The van der Waals surface area contributed by atoms with Crippen LogP contribution in [0.25, 0.3) is 0 Å². The Morgan fingerprint density at radius 1 is 1.21 bits per heavy atom. The molecule has 2 amide bonds. The van der Waals surface area contributed by atoms with E-state index in [1.54, 1.807) is 7.05 Å². The third-order valence-corrected chi connectivity index (χ3v) is 5.28. The predicted molar refractivity (Wildman–Crippen MR) is 123 cm³/mol. The molecule has 0 aromatic carbocycles. The summed E-state index contributed by atoms with van der Waals surface area (Å²) in [5, 5.41) is 6.68. The van der Waals surface area contributed by atoms with E-state index in [-0.39, 0.29) is 35.8 Å². The summed E-state index contributed by atoms with van der Waals surface area (Å²) in [5.41, 5.74) is 1.10. The maximum atomic E-state index is 11.9. The molecular formula is C20H31IN6O2. The fourth-order valence-electron chi connectivity index (χ4n) is 3.68. The number of guanidine groups is 1. The average Bonchev–Trinajstić information content (AvgIpc) is 2.71. The van der Waals surface area contributed by atoms with E-state index in [4.69, 9.17) is 0 Å². The van der Waals surface area contributed by atoms with Crippen molar-refractivity contribution in [1.82, 2.24) is 25.4 Å². The number of imide groups is 1. The second kappa shape index (κ2) is 12.1.